The van der Waals surface area contributed by atoms with Crippen molar-refractivity contribution < 1.29 is 14.3 Å². The average Bonchev–Trinajstić information content (AvgIpc) is 2.43. The summed E-state index contributed by atoms with van der Waals surface area (Å²) in [6.45, 7) is 6.74. The van der Waals surface area contributed by atoms with Gasteiger partial charge in [-0.05, 0) is 25.9 Å². The van der Waals surface area contributed by atoms with Gasteiger partial charge in [-0.3, -0.25) is 4.79 Å². The molecule has 0 bridgehead atoms. The molecule has 0 spiro atoms. The molecule has 4 N–H and O–H groups in total. The van der Waals surface area contributed by atoms with Crippen molar-refractivity contribution in [2.24, 2.45) is 11.5 Å². The van der Waals surface area contributed by atoms with Gasteiger partial charge in [0.2, 0.25) is 5.91 Å². The Balaban J connectivity index is 3.73. The predicted octanol–water partition coefficient (Wildman–Crippen LogP) is -0.0442. The third kappa shape index (κ3) is 10.9. The van der Waals surface area contributed by atoms with E-state index in [2.05, 4.69) is 0 Å². The Labute approximate surface area is 116 Å². The number of rotatable bonds is 13. The van der Waals surface area contributed by atoms with Crippen LogP contribution in [-0.4, -0.2) is 63.4 Å². The third-order valence-electron chi connectivity index (χ3n) is 2.65. The van der Waals surface area contributed by atoms with Gasteiger partial charge in [-0.2, -0.15) is 0 Å². The Morgan fingerprint density at radius 3 is 1.79 bits per heavy atom. The Morgan fingerprint density at radius 1 is 0.947 bits per heavy atom. The SMILES string of the molecule is CCC(=O)N(CCOCCCN)CCOCCCN. The molecule has 19 heavy (non-hydrogen) atoms. The first-order chi connectivity index (χ1) is 9.26. The van der Waals surface area contributed by atoms with Crippen LogP contribution in [0.3, 0.4) is 0 Å². The van der Waals surface area contributed by atoms with Crippen LogP contribution in [0.25, 0.3) is 0 Å². The lowest BCUT2D eigenvalue weighted by molar-refractivity contribution is -0.132. The van der Waals surface area contributed by atoms with Crippen molar-refractivity contribution in [1.29, 1.82) is 0 Å². The number of nitrogens with two attached hydrogens (primary N) is 2. The molecule has 0 unspecified atom stereocenters. The fourth-order valence-corrected chi connectivity index (χ4v) is 1.51. The topological polar surface area (TPSA) is 90.8 Å². The van der Waals surface area contributed by atoms with Crippen LogP contribution in [0.4, 0.5) is 0 Å². The minimum Gasteiger partial charge on any atom is -0.380 e. The van der Waals surface area contributed by atoms with E-state index in [1.54, 1.807) is 4.90 Å². The van der Waals surface area contributed by atoms with Crippen LogP contribution in [0.2, 0.25) is 0 Å². The Kier molecular flexibility index (Phi) is 13.2. The molecule has 0 atom stereocenters. The highest BCUT2D eigenvalue weighted by Crippen LogP contribution is 1.95. The zero-order chi connectivity index (χ0) is 14.3. The van der Waals surface area contributed by atoms with Gasteiger partial charge >= 0.3 is 0 Å². The summed E-state index contributed by atoms with van der Waals surface area (Å²) < 4.78 is 10.8. The molecule has 114 valence electrons. The summed E-state index contributed by atoms with van der Waals surface area (Å²) in [5.41, 5.74) is 10.8. The molecule has 0 aliphatic carbocycles. The predicted molar refractivity (Wildman–Crippen MR) is 75.9 cm³/mol. The van der Waals surface area contributed by atoms with Crippen LogP contribution >= 0.6 is 0 Å². The van der Waals surface area contributed by atoms with Crippen molar-refractivity contribution in [2.75, 3.05) is 52.6 Å². The van der Waals surface area contributed by atoms with Crippen LogP contribution in [-0.2, 0) is 14.3 Å². The number of amides is 1. The van der Waals surface area contributed by atoms with E-state index in [1.807, 2.05) is 6.92 Å². The van der Waals surface area contributed by atoms with Crippen LogP contribution < -0.4 is 11.5 Å². The highest BCUT2D eigenvalue weighted by Gasteiger charge is 2.10. The molecule has 6 nitrogen and oxygen atoms in total. The van der Waals surface area contributed by atoms with E-state index in [0.717, 1.165) is 12.8 Å². The number of ether oxygens (including phenoxy) is 2. The summed E-state index contributed by atoms with van der Waals surface area (Å²) in [6.07, 6.45) is 2.21. The highest BCUT2D eigenvalue weighted by atomic mass is 16.5. The Hall–Kier alpha value is -0.690. The largest absolute Gasteiger partial charge is 0.380 e. The number of carbonyl (C=O) groups excluding carboxylic acids is 1. The van der Waals surface area contributed by atoms with Gasteiger partial charge in [-0.1, -0.05) is 6.92 Å². The Bertz CT molecular complexity index is 201. The molecule has 0 aromatic rings. The van der Waals surface area contributed by atoms with Crippen molar-refractivity contribution in [2.45, 2.75) is 26.2 Å². The summed E-state index contributed by atoms with van der Waals surface area (Å²) in [7, 11) is 0. The van der Waals surface area contributed by atoms with Crippen molar-refractivity contribution in [3.05, 3.63) is 0 Å². The van der Waals surface area contributed by atoms with Crippen LogP contribution in [0, 0.1) is 0 Å². The summed E-state index contributed by atoms with van der Waals surface area (Å²) >= 11 is 0. The normalized spacial score (nSPS) is 10.7. The molecule has 0 rings (SSSR count). The quantitative estimate of drug-likeness (QED) is 0.460. The minimum absolute atomic E-state index is 0.129. The lowest BCUT2D eigenvalue weighted by Crippen LogP contribution is -2.36. The molecule has 1 amide bonds. The van der Waals surface area contributed by atoms with Gasteiger partial charge in [0.05, 0.1) is 13.2 Å². The molecule has 0 saturated carbocycles. The number of hydrogen-bond acceptors (Lipinski definition) is 5. The van der Waals surface area contributed by atoms with E-state index >= 15 is 0 Å². The van der Waals surface area contributed by atoms with Gasteiger partial charge in [0, 0.05) is 32.7 Å². The zero-order valence-corrected chi connectivity index (χ0v) is 12.1. The molecular formula is C13H29N3O3. The van der Waals surface area contributed by atoms with E-state index < -0.39 is 0 Å². The van der Waals surface area contributed by atoms with Crippen molar-refractivity contribution in [1.82, 2.24) is 4.90 Å². The maximum Gasteiger partial charge on any atom is 0.222 e. The fourth-order valence-electron chi connectivity index (χ4n) is 1.51. The molecule has 6 heteroatoms. The maximum absolute atomic E-state index is 11.7. The van der Waals surface area contributed by atoms with Gasteiger partial charge in [0.25, 0.3) is 0 Å². The molecule has 0 aliphatic heterocycles. The van der Waals surface area contributed by atoms with Gasteiger partial charge in [-0.15, -0.1) is 0 Å². The standard InChI is InChI=1S/C13H29N3O3/c1-2-13(17)16(7-11-18-9-3-5-14)8-12-19-10-4-6-15/h2-12,14-15H2,1H3. The zero-order valence-electron chi connectivity index (χ0n) is 12.1. The van der Waals surface area contributed by atoms with E-state index in [-0.39, 0.29) is 5.91 Å². The van der Waals surface area contributed by atoms with E-state index in [1.165, 1.54) is 0 Å². The second-order valence-electron chi connectivity index (χ2n) is 4.24. The van der Waals surface area contributed by atoms with Crippen LogP contribution in [0.5, 0.6) is 0 Å². The number of carbonyl (C=O) groups is 1. The number of nitrogens with zero attached hydrogens (tertiary/aromatic N) is 1. The minimum atomic E-state index is 0.129. The maximum atomic E-state index is 11.7. The van der Waals surface area contributed by atoms with Crippen LogP contribution in [0.1, 0.15) is 26.2 Å². The van der Waals surface area contributed by atoms with E-state index in [0.29, 0.717) is 59.0 Å². The lowest BCUT2D eigenvalue weighted by Gasteiger charge is -2.22. The molecule has 0 aliphatic rings. The van der Waals surface area contributed by atoms with Gasteiger partial charge in [0.1, 0.15) is 0 Å². The first-order valence-electron chi connectivity index (χ1n) is 7.09. The van der Waals surface area contributed by atoms with E-state index in [9.17, 15) is 4.79 Å². The molecular weight excluding hydrogens is 246 g/mol. The van der Waals surface area contributed by atoms with Gasteiger partial charge < -0.3 is 25.8 Å². The summed E-state index contributed by atoms with van der Waals surface area (Å²) in [6, 6.07) is 0. The first-order valence-corrected chi connectivity index (χ1v) is 7.09. The summed E-state index contributed by atoms with van der Waals surface area (Å²) in [4.78, 5) is 13.5. The third-order valence-corrected chi connectivity index (χ3v) is 2.65. The molecule has 0 fully saturated rings. The van der Waals surface area contributed by atoms with E-state index in [4.69, 9.17) is 20.9 Å². The van der Waals surface area contributed by atoms with Crippen LogP contribution in [0.15, 0.2) is 0 Å². The van der Waals surface area contributed by atoms with Gasteiger partial charge in [0.15, 0.2) is 0 Å². The average molecular weight is 275 g/mol. The molecule has 0 radical (unpaired) electrons. The summed E-state index contributed by atoms with van der Waals surface area (Å²) in [5.74, 6) is 0.129. The van der Waals surface area contributed by atoms with Crippen molar-refractivity contribution >= 4 is 5.91 Å². The monoisotopic (exact) mass is 275 g/mol. The number of hydrogen-bond donors (Lipinski definition) is 2. The van der Waals surface area contributed by atoms with Gasteiger partial charge in [-0.25, -0.2) is 0 Å². The molecule has 0 aromatic heterocycles. The smallest absolute Gasteiger partial charge is 0.222 e. The second kappa shape index (κ2) is 13.7. The fraction of sp³-hybridized carbons (Fsp3) is 0.923. The molecule has 0 saturated heterocycles. The van der Waals surface area contributed by atoms with Crippen molar-refractivity contribution in [3.63, 3.8) is 0 Å². The molecule has 0 aromatic carbocycles. The summed E-state index contributed by atoms with van der Waals surface area (Å²) in [5, 5.41) is 0. The second-order valence-corrected chi connectivity index (χ2v) is 4.24. The molecule has 0 heterocycles. The Morgan fingerprint density at radius 2 is 1.42 bits per heavy atom. The first kappa shape index (κ1) is 18.3. The van der Waals surface area contributed by atoms with Crippen molar-refractivity contribution in [3.8, 4) is 0 Å². The lowest BCUT2D eigenvalue weighted by atomic mass is 10.3. The highest BCUT2D eigenvalue weighted by molar-refractivity contribution is 5.75.